The summed E-state index contributed by atoms with van der Waals surface area (Å²) in [6.45, 7) is 1.99. The molecule has 2 N–H and O–H groups in total. The molecule has 0 amide bonds. The lowest BCUT2D eigenvalue weighted by atomic mass is 9.75. The van der Waals surface area contributed by atoms with Gasteiger partial charge in [-0.3, -0.25) is 0 Å². The van der Waals surface area contributed by atoms with Crippen LogP contribution in [-0.4, -0.2) is 23.6 Å². The third kappa shape index (κ3) is 5.02. The number of carbonyl (C=O) groups is 2. The second kappa shape index (κ2) is 9.67. The SMILES string of the molecule is CC(OC(=O)c1ccccc1)(C(=O)ON)C1CCCCC1OCc1ccccc1. The van der Waals surface area contributed by atoms with Crippen molar-refractivity contribution in [1.82, 2.24) is 0 Å². The van der Waals surface area contributed by atoms with Crippen molar-refractivity contribution >= 4 is 11.9 Å². The zero-order chi connectivity index (χ0) is 20.7. The maximum absolute atomic E-state index is 12.7. The Kier molecular flexibility index (Phi) is 7.01. The minimum atomic E-state index is -1.54. The lowest BCUT2D eigenvalue weighted by molar-refractivity contribution is -0.182. The van der Waals surface area contributed by atoms with Gasteiger partial charge in [-0.1, -0.05) is 61.4 Å². The minimum absolute atomic E-state index is 0.253. The molecule has 3 atom stereocenters. The average molecular weight is 397 g/mol. The third-order valence-electron chi connectivity index (χ3n) is 5.54. The van der Waals surface area contributed by atoms with E-state index in [1.807, 2.05) is 30.3 Å². The molecule has 1 fully saturated rings. The molecular weight excluding hydrogens is 370 g/mol. The van der Waals surface area contributed by atoms with E-state index in [1.54, 1.807) is 37.3 Å². The van der Waals surface area contributed by atoms with E-state index < -0.39 is 17.5 Å². The second-order valence-electron chi connectivity index (χ2n) is 7.49. The quantitative estimate of drug-likeness (QED) is 0.565. The Bertz CT molecular complexity index is 811. The predicted octanol–water partition coefficient (Wildman–Crippen LogP) is 3.79. The Morgan fingerprint density at radius 2 is 1.62 bits per heavy atom. The van der Waals surface area contributed by atoms with E-state index in [1.165, 1.54) is 0 Å². The molecule has 0 aliphatic heterocycles. The average Bonchev–Trinajstić information content (AvgIpc) is 2.78. The van der Waals surface area contributed by atoms with Crippen molar-refractivity contribution in [3.05, 3.63) is 71.8 Å². The van der Waals surface area contributed by atoms with Crippen LogP contribution < -0.4 is 5.90 Å². The van der Waals surface area contributed by atoms with E-state index in [-0.39, 0.29) is 12.0 Å². The van der Waals surface area contributed by atoms with E-state index in [9.17, 15) is 9.59 Å². The molecule has 6 heteroatoms. The van der Waals surface area contributed by atoms with Crippen LogP contribution in [0.5, 0.6) is 0 Å². The van der Waals surface area contributed by atoms with Crippen molar-refractivity contribution in [3.8, 4) is 0 Å². The summed E-state index contributed by atoms with van der Waals surface area (Å²) < 4.78 is 11.9. The third-order valence-corrected chi connectivity index (χ3v) is 5.54. The summed E-state index contributed by atoms with van der Waals surface area (Å²) in [6.07, 6.45) is 3.08. The molecule has 2 aromatic carbocycles. The van der Waals surface area contributed by atoms with Crippen LogP contribution in [0.1, 0.15) is 48.5 Å². The van der Waals surface area contributed by atoms with Crippen LogP contribution in [0.15, 0.2) is 60.7 Å². The first-order chi connectivity index (χ1) is 14.0. The highest BCUT2D eigenvalue weighted by molar-refractivity contribution is 5.92. The molecule has 1 aliphatic carbocycles. The molecule has 6 nitrogen and oxygen atoms in total. The predicted molar refractivity (Wildman–Crippen MR) is 108 cm³/mol. The minimum Gasteiger partial charge on any atom is -0.443 e. The zero-order valence-electron chi connectivity index (χ0n) is 16.6. The van der Waals surface area contributed by atoms with Crippen LogP contribution >= 0.6 is 0 Å². The highest BCUT2D eigenvalue weighted by Crippen LogP contribution is 2.38. The molecule has 0 spiro atoms. The van der Waals surface area contributed by atoms with E-state index in [2.05, 4.69) is 4.84 Å². The normalized spacial score (nSPS) is 21.0. The summed E-state index contributed by atoms with van der Waals surface area (Å²) in [5, 5.41) is 0. The molecule has 154 valence electrons. The van der Waals surface area contributed by atoms with Gasteiger partial charge in [-0.05, 0) is 37.5 Å². The van der Waals surface area contributed by atoms with Gasteiger partial charge in [0.25, 0.3) is 0 Å². The van der Waals surface area contributed by atoms with Gasteiger partial charge >= 0.3 is 11.9 Å². The fraction of sp³-hybridized carbons (Fsp3) is 0.391. The van der Waals surface area contributed by atoms with Crippen molar-refractivity contribution in [3.63, 3.8) is 0 Å². The van der Waals surface area contributed by atoms with Gasteiger partial charge in [-0.2, -0.15) is 5.90 Å². The van der Waals surface area contributed by atoms with Crippen molar-refractivity contribution in [2.24, 2.45) is 11.8 Å². The van der Waals surface area contributed by atoms with Gasteiger partial charge in [0.1, 0.15) is 0 Å². The maximum Gasteiger partial charge on any atom is 0.369 e. The molecule has 2 aromatic rings. The lowest BCUT2D eigenvalue weighted by Crippen LogP contribution is -2.54. The van der Waals surface area contributed by atoms with Crippen molar-refractivity contribution in [1.29, 1.82) is 0 Å². The van der Waals surface area contributed by atoms with Gasteiger partial charge in [0.2, 0.25) is 5.60 Å². The van der Waals surface area contributed by atoms with Crippen molar-refractivity contribution in [2.45, 2.75) is 50.9 Å². The molecule has 3 rings (SSSR count). The van der Waals surface area contributed by atoms with Gasteiger partial charge in [0.05, 0.1) is 18.3 Å². The van der Waals surface area contributed by atoms with Gasteiger partial charge < -0.3 is 14.3 Å². The molecule has 0 saturated heterocycles. The largest absolute Gasteiger partial charge is 0.443 e. The molecule has 0 radical (unpaired) electrons. The number of carbonyl (C=O) groups excluding carboxylic acids is 2. The molecule has 1 aliphatic rings. The smallest absolute Gasteiger partial charge is 0.369 e. The van der Waals surface area contributed by atoms with E-state index in [0.717, 1.165) is 24.8 Å². The summed E-state index contributed by atoms with van der Waals surface area (Å²) in [6, 6.07) is 18.4. The molecule has 29 heavy (non-hydrogen) atoms. The highest BCUT2D eigenvalue weighted by atomic mass is 16.7. The Labute approximate surface area is 170 Å². The molecular formula is C23H27NO5. The number of rotatable bonds is 7. The monoisotopic (exact) mass is 397 g/mol. The summed E-state index contributed by atoms with van der Waals surface area (Å²) in [4.78, 5) is 29.9. The Hall–Kier alpha value is -2.70. The Morgan fingerprint density at radius 3 is 2.28 bits per heavy atom. The first-order valence-electron chi connectivity index (χ1n) is 9.89. The first-order valence-corrected chi connectivity index (χ1v) is 9.89. The molecule has 0 bridgehead atoms. The summed E-state index contributed by atoms with van der Waals surface area (Å²) in [5.74, 6) is 3.48. The van der Waals surface area contributed by atoms with Gasteiger partial charge in [0.15, 0.2) is 0 Å². The fourth-order valence-corrected chi connectivity index (χ4v) is 3.92. The molecule has 3 unspecified atom stereocenters. The molecule has 0 aromatic heterocycles. The molecule has 0 heterocycles. The van der Waals surface area contributed by atoms with Crippen LogP contribution in [0.4, 0.5) is 0 Å². The number of esters is 1. The van der Waals surface area contributed by atoms with Gasteiger partial charge in [-0.15, -0.1) is 0 Å². The van der Waals surface area contributed by atoms with E-state index >= 15 is 0 Å². The first kappa shape index (κ1) is 21.0. The van der Waals surface area contributed by atoms with E-state index in [0.29, 0.717) is 18.6 Å². The number of benzene rings is 2. The Balaban J connectivity index is 1.80. The molecule has 1 saturated carbocycles. The number of ether oxygens (including phenoxy) is 2. The summed E-state index contributed by atoms with van der Waals surface area (Å²) in [5.41, 5.74) is -0.133. The van der Waals surface area contributed by atoms with Crippen LogP contribution in [0.3, 0.4) is 0 Å². The van der Waals surface area contributed by atoms with Crippen LogP contribution in [0, 0.1) is 5.92 Å². The maximum atomic E-state index is 12.7. The van der Waals surface area contributed by atoms with Crippen LogP contribution in [0.2, 0.25) is 0 Å². The van der Waals surface area contributed by atoms with E-state index in [4.69, 9.17) is 15.4 Å². The van der Waals surface area contributed by atoms with Crippen LogP contribution in [0.25, 0.3) is 0 Å². The van der Waals surface area contributed by atoms with Gasteiger partial charge in [-0.25, -0.2) is 9.59 Å². The highest BCUT2D eigenvalue weighted by Gasteiger charge is 2.51. The topological polar surface area (TPSA) is 87.9 Å². The van der Waals surface area contributed by atoms with Crippen LogP contribution in [-0.2, 0) is 25.7 Å². The fourth-order valence-electron chi connectivity index (χ4n) is 3.92. The second-order valence-corrected chi connectivity index (χ2v) is 7.49. The van der Waals surface area contributed by atoms with Gasteiger partial charge in [0, 0.05) is 5.92 Å². The lowest BCUT2D eigenvalue weighted by Gasteiger charge is -2.41. The summed E-state index contributed by atoms with van der Waals surface area (Å²) in [7, 11) is 0. The van der Waals surface area contributed by atoms with Crippen molar-refractivity contribution < 1.29 is 23.9 Å². The number of hydrogen-bond donors (Lipinski definition) is 1. The van der Waals surface area contributed by atoms with Crippen molar-refractivity contribution in [2.75, 3.05) is 0 Å². The number of hydrogen-bond acceptors (Lipinski definition) is 6. The summed E-state index contributed by atoms with van der Waals surface area (Å²) >= 11 is 0. The number of nitrogens with two attached hydrogens (primary N) is 1. The standard InChI is InChI=1S/C23H27NO5/c1-23(22(26)29-24,28-21(25)18-12-6-3-7-13-18)19-14-8-9-15-20(19)27-16-17-10-4-2-5-11-17/h2-7,10-13,19-20H,8-9,14-16,24H2,1H3. The Morgan fingerprint density at radius 1 is 1.00 bits per heavy atom. The zero-order valence-corrected chi connectivity index (χ0v) is 16.6.